The van der Waals surface area contributed by atoms with E-state index >= 15 is 0 Å². The van der Waals surface area contributed by atoms with Crippen LogP contribution in [0.2, 0.25) is 0 Å². The van der Waals surface area contributed by atoms with Crippen LogP contribution in [0.15, 0.2) is 55.1 Å². The van der Waals surface area contributed by atoms with Crippen molar-refractivity contribution in [2.75, 3.05) is 5.32 Å². The van der Waals surface area contributed by atoms with Gasteiger partial charge in [-0.15, -0.1) is 0 Å². The number of hydrogen-bond donors (Lipinski definition) is 1. The van der Waals surface area contributed by atoms with E-state index in [0.29, 0.717) is 11.8 Å². The monoisotopic (exact) mass is 372 g/mol. The van der Waals surface area contributed by atoms with Crippen molar-refractivity contribution >= 4 is 22.4 Å². The predicted octanol–water partition coefficient (Wildman–Crippen LogP) is 4.37. The van der Waals surface area contributed by atoms with Crippen LogP contribution in [0.4, 0.5) is 5.69 Å². The minimum atomic E-state index is -0.285. The lowest BCUT2D eigenvalue weighted by molar-refractivity contribution is -0.150. The average Bonchev–Trinajstić information content (AvgIpc) is 3.23. The highest BCUT2D eigenvalue weighted by molar-refractivity contribution is 6.04. The second-order valence-electron chi connectivity index (χ2n) is 9.29. The van der Waals surface area contributed by atoms with E-state index in [4.69, 9.17) is 0 Å². The largest absolute Gasteiger partial charge is 0.325 e. The maximum atomic E-state index is 13.7. The summed E-state index contributed by atoms with van der Waals surface area (Å²) in [6.07, 6.45) is 9.91. The van der Waals surface area contributed by atoms with Crippen molar-refractivity contribution in [1.82, 2.24) is 14.8 Å². The first-order chi connectivity index (χ1) is 13.7. The summed E-state index contributed by atoms with van der Waals surface area (Å²) in [7, 11) is 0. The Hall–Kier alpha value is -2.69. The van der Waals surface area contributed by atoms with Crippen LogP contribution in [0, 0.1) is 17.3 Å². The Bertz CT molecular complexity index is 1040. The number of nitrogens with one attached hydrogen (secondary N) is 1. The van der Waals surface area contributed by atoms with Gasteiger partial charge >= 0.3 is 0 Å². The van der Waals surface area contributed by atoms with Crippen molar-refractivity contribution in [2.24, 2.45) is 17.3 Å². The second-order valence-corrected chi connectivity index (χ2v) is 9.29. The summed E-state index contributed by atoms with van der Waals surface area (Å²) in [5.74, 6) is 1.43. The molecule has 4 fully saturated rings. The molecule has 4 saturated carbocycles. The molecule has 4 aliphatic carbocycles. The lowest BCUT2D eigenvalue weighted by atomic mass is 9.46. The Kier molecular flexibility index (Phi) is 3.29. The summed E-state index contributed by atoms with van der Waals surface area (Å²) >= 11 is 0. The average molecular weight is 372 g/mol. The number of rotatable bonds is 3. The van der Waals surface area contributed by atoms with E-state index in [1.165, 1.54) is 6.42 Å². The van der Waals surface area contributed by atoms with Crippen LogP contribution < -0.4 is 5.32 Å². The van der Waals surface area contributed by atoms with E-state index in [2.05, 4.69) is 38.3 Å². The van der Waals surface area contributed by atoms with Crippen LogP contribution in [0.25, 0.3) is 10.8 Å². The van der Waals surface area contributed by atoms with E-state index in [9.17, 15) is 4.79 Å². The highest BCUT2D eigenvalue weighted by atomic mass is 16.2. The SMILES string of the molecule is O=C(Nc1cccc2ccccc12)C12C[C@@H]3C[C@@H](C1)CC(n1cncn1)(C3)C2. The van der Waals surface area contributed by atoms with Gasteiger partial charge in [-0.2, -0.15) is 5.10 Å². The van der Waals surface area contributed by atoms with Gasteiger partial charge < -0.3 is 5.32 Å². The Morgan fingerprint density at radius 2 is 1.82 bits per heavy atom. The van der Waals surface area contributed by atoms with Crippen LogP contribution in [-0.4, -0.2) is 20.7 Å². The van der Waals surface area contributed by atoms with Crippen molar-refractivity contribution in [1.29, 1.82) is 0 Å². The molecule has 0 saturated heterocycles. The number of nitrogens with zero attached hydrogens (tertiary/aromatic N) is 3. The summed E-state index contributed by atoms with van der Waals surface area (Å²) < 4.78 is 2.06. The van der Waals surface area contributed by atoms with E-state index in [1.807, 2.05) is 30.6 Å². The van der Waals surface area contributed by atoms with E-state index < -0.39 is 0 Å². The molecule has 0 unspecified atom stereocenters. The number of carbonyl (C=O) groups is 1. The minimum Gasteiger partial charge on any atom is -0.325 e. The summed E-state index contributed by atoms with van der Waals surface area (Å²) in [6.45, 7) is 0. The van der Waals surface area contributed by atoms with Gasteiger partial charge in [-0.1, -0.05) is 36.4 Å². The quantitative estimate of drug-likeness (QED) is 0.743. The molecule has 0 aliphatic heterocycles. The first kappa shape index (κ1) is 16.3. The molecule has 28 heavy (non-hydrogen) atoms. The zero-order valence-electron chi connectivity index (χ0n) is 15.8. The van der Waals surface area contributed by atoms with Gasteiger partial charge in [0.2, 0.25) is 5.91 Å². The van der Waals surface area contributed by atoms with Crippen LogP contribution in [0.1, 0.15) is 38.5 Å². The molecular formula is C23H24N4O. The fourth-order valence-corrected chi connectivity index (χ4v) is 6.79. The first-order valence-corrected chi connectivity index (χ1v) is 10.3. The molecule has 1 amide bonds. The molecule has 2 atom stereocenters. The maximum absolute atomic E-state index is 13.7. The van der Waals surface area contributed by atoms with E-state index in [0.717, 1.165) is 48.6 Å². The van der Waals surface area contributed by atoms with Gasteiger partial charge in [-0.05, 0) is 61.8 Å². The van der Waals surface area contributed by atoms with Crippen molar-refractivity contribution < 1.29 is 4.79 Å². The summed E-state index contributed by atoms with van der Waals surface area (Å²) in [4.78, 5) is 17.9. The number of carbonyl (C=O) groups excluding carboxylic acids is 1. The minimum absolute atomic E-state index is 0.0311. The molecule has 0 radical (unpaired) electrons. The molecule has 142 valence electrons. The van der Waals surface area contributed by atoms with E-state index in [-0.39, 0.29) is 16.9 Å². The number of fused-ring (bicyclic) bond motifs is 1. The summed E-state index contributed by atoms with van der Waals surface area (Å²) in [5, 5.41) is 10.1. The molecular weight excluding hydrogens is 348 g/mol. The molecule has 1 N–H and O–H groups in total. The number of hydrogen-bond acceptors (Lipinski definition) is 3. The smallest absolute Gasteiger partial charge is 0.230 e. The molecule has 4 aliphatic rings. The highest BCUT2D eigenvalue weighted by Gasteiger charge is 2.61. The number of anilines is 1. The molecule has 5 heteroatoms. The number of amides is 1. The molecule has 5 nitrogen and oxygen atoms in total. The number of benzene rings is 2. The van der Waals surface area contributed by atoms with Crippen LogP contribution >= 0.6 is 0 Å². The third-order valence-corrected chi connectivity index (χ3v) is 7.45. The third-order valence-electron chi connectivity index (χ3n) is 7.45. The lowest BCUT2D eigenvalue weighted by Crippen LogP contribution is -2.60. The zero-order chi connectivity index (χ0) is 18.8. The van der Waals surface area contributed by atoms with Gasteiger partial charge in [0.05, 0.1) is 11.0 Å². The van der Waals surface area contributed by atoms with Gasteiger partial charge in [0.1, 0.15) is 12.7 Å². The Morgan fingerprint density at radius 1 is 1.04 bits per heavy atom. The fourth-order valence-electron chi connectivity index (χ4n) is 6.79. The third kappa shape index (κ3) is 2.28. The molecule has 1 heterocycles. The standard InChI is InChI=1S/C23H24N4O/c28-21(26-20-7-3-5-18-4-1-2-6-19(18)20)22-9-16-8-17(10-22)12-23(11-16,13-22)27-15-24-14-25-27/h1-7,14-17H,8-13H2,(H,26,28)/t16-,17-,22?,23?/m0/s1. The van der Waals surface area contributed by atoms with Gasteiger partial charge in [-0.25, -0.2) is 9.67 Å². The second kappa shape index (κ2) is 5.66. The van der Waals surface area contributed by atoms with Crippen LogP contribution in [0.5, 0.6) is 0 Å². The predicted molar refractivity (Wildman–Crippen MR) is 108 cm³/mol. The molecule has 2 aromatic carbocycles. The molecule has 3 aromatic rings. The normalized spacial score (nSPS) is 33.3. The summed E-state index contributed by atoms with van der Waals surface area (Å²) in [6, 6.07) is 14.4. The molecule has 1 aromatic heterocycles. The summed E-state index contributed by atoms with van der Waals surface area (Å²) in [5.41, 5.74) is 0.609. The topological polar surface area (TPSA) is 59.8 Å². The van der Waals surface area contributed by atoms with Gasteiger partial charge in [-0.3, -0.25) is 4.79 Å². The number of aromatic nitrogens is 3. The Labute approximate surface area is 164 Å². The Morgan fingerprint density at radius 3 is 2.61 bits per heavy atom. The highest BCUT2D eigenvalue weighted by Crippen LogP contribution is 2.64. The van der Waals surface area contributed by atoms with Gasteiger partial charge in [0.15, 0.2) is 0 Å². The van der Waals surface area contributed by atoms with Crippen molar-refractivity contribution in [3.63, 3.8) is 0 Å². The zero-order valence-corrected chi connectivity index (χ0v) is 15.8. The van der Waals surface area contributed by atoms with Crippen LogP contribution in [-0.2, 0) is 10.3 Å². The molecule has 7 rings (SSSR count). The van der Waals surface area contributed by atoms with Gasteiger partial charge in [0.25, 0.3) is 0 Å². The lowest BCUT2D eigenvalue weighted by Gasteiger charge is -2.60. The molecule has 0 spiro atoms. The van der Waals surface area contributed by atoms with Crippen molar-refractivity contribution in [3.05, 3.63) is 55.1 Å². The Balaban J connectivity index is 1.37. The van der Waals surface area contributed by atoms with Crippen LogP contribution in [0.3, 0.4) is 0 Å². The van der Waals surface area contributed by atoms with E-state index in [1.54, 1.807) is 6.33 Å². The molecule has 4 bridgehead atoms. The maximum Gasteiger partial charge on any atom is 0.230 e. The van der Waals surface area contributed by atoms with Crippen molar-refractivity contribution in [3.8, 4) is 0 Å². The van der Waals surface area contributed by atoms with Gasteiger partial charge in [0, 0.05) is 11.1 Å². The first-order valence-electron chi connectivity index (χ1n) is 10.3. The fraction of sp³-hybridized carbons (Fsp3) is 0.435. The van der Waals surface area contributed by atoms with Crippen molar-refractivity contribution in [2.45, 2.75) is 44.1 Å².